The van der Waals surface area contributed by atoms with Crippen LogP contribution in [0.5, 0.6) is 5.75 Å². The quantitative estimate of drug-likeness (QED) is 0.534. The second-order valence-corrected chi connectivity index (χ2v) is 9.51. The van der Waals surface area contributed by atoms with E-state index in [0.29, 0.717) is 16.0 Å². The molecular weight excluding hydrogens is 428 g/mol. The smallest absolute Gasteiger partial charge is 0.325 e. The van der Waals surface area contributed by atoms with Gasteiger partial charge < -0.3 is 14.0 Å². The maximum absolute atomic E-state index is 12.6. The zero-order valence-corrected chi connectivity index (χ0v) is 18.2. The molecule has 0 atom stereocenters. The number of methoxy groups -OCH3 is 2. The number of esters is 1. The van der Waals surface area contributed by atoms with E-state index in [1.165, 1.54) is 19.2 Å². The Bertz CT molecular complexity index is 1290. The van der Waals surface area contributed by atoms with Crippen molar-refractivity contribution in [1.82, 2.24) is 4.57 Å². The summed E-state index contributed by atoms with van der Waals surface area (Å²) < 4.78 is 35.8. The van der Waals surface area contributed by atoms with E-state index in [1.807, 2.05) is 0 Å². The number of rotatable bonds is 6. The number of benzene rings is 2. The maximum Gasteiger partial charge on any atom is 0.325 e. The summed E-state index contributed by atoms with van der Waals surface area (Å²) >= 11 is 1.13. The first-order valence-corrected chi connectivity index (χ1v) is 11.5. The minimum atomic E-state index is -3.40. The lowest BCUT2D eigenvalue weighted by Gasteiger charge is -2.04. The third-order valence-corrected chi connectivity index (χ3v) is 6.46. The monoisotopic (exact) mass is 448 g/mol. The highest BCUT2D eigenvalue weighted by Crippen LogP contribution is 2.22. The number of thiazole rings is 1. The van der Waals surface area contributed by atoms with Crippen LogP contribution in [0.4, 0.5) is 0 Å². The Balaban J connectivity index is 2.06. The van der Waals surface area contributed by atoms with E-state index in [2.05, 4.69) is 4.99 Å². The molecule has 0 saturated carbocycles. The van der Waals surface area contributed by atoms with Crippen molar-refractivity contribution in [2.45, 2.75) is 17.9 Å². The lowest BCUT2D eigenvalue weighted by Crippen LogP contribution is -2.22. The predicted molar refractivity (Wildman–Crippen MR) is 112 cm³/mol. The topological polar surface area (TPSA) is 104 Å². The first-order valence-electron chi connectivity index (χ1n) is 8.82. The lowest BCUT2D eigenvalue weighted by atomic mass is 10.1. The minimum absolute atomic E-state index is 0.0538. The van der Waals surface area contributed by atoms with Crippen molar-refractivity contribution in [2.75, 3.05) is 20.5 Å². The molecule has 1 amide bonds. The normalized spacial score (nSPS) is 12.2. The van der Waals surface area contributed by atoms with Crippen LogP contribution in [0, 0.1) is 0 Å². The van der Waals surface area contributed by atoms with Gasteiger partial charge in [0.2, 0.25) is 0 Å². The van der Waals surface area contributed by atoms with Gasteiger partial charge in [0.15, 0.2) is 14.6 Å². The fraction of sp³-hybridized carbons (Fsp3) is 0.250. The van der Waals surface area contributed by atoms with Crippen LogP contribution < -0.4 is 9.54 Å². The van der Waals surface area contributed by atoms with E-state index < -0.39 is 21.7 Å². The van der Waals surface area contributed by atoms with Gasteiger partial charge in [-0.05, 0) is 35.9 Å². The summed E-state index contributed by atoms with van der Waals surface area (Å²) in [6.45, 7) is -0.153. The Kier molecular flexibility index (Phi) is 6.37. The first-order chi connectivity index (χ1) is 14.2. The molecule has 8 nitrogen and oxygen atoms in total. The Hall–Kier alpha value is -2.98. The molecule has 0 spiro atoms. The number of aromatic nitrogens is 1. The van der Waals surface area contributed by atoms with Crippen molar-refractivity contribution in [1.29, 1.82) is 0 Å². The van der Waals surface area contributed by atoms with E-state index in [9.17, 15) is 18.0 Å². The second-order valence-electron chi connectivity index (χ2n) is 6.48. The van der Waals surface area contributed by atoms with Crippen LogP contribution in [-0.4, -0.2) is 45.3 Å². The van der Waals surface area contributed by atoms with Gasteiger partial charge in [0.1, 0.15) is 12.3 Å². The molecule has 1 heterocycles. The summed E-state index contributed by atoms with van der Waals surface area (Å²) in [6, 6.07) is 11.7. The van der Waals surface area contributed by atoms with Gasteiger partial charge in [0, 0.05) is 6.26 Å². The number of carbonyl (C=O) groups excluding carboxylic acids is 2. The Labute approximate surface area is 177 Å². The van der Waals surface area contributed by atoms with Gasteiger partial charge in [-0.25, -0.2) is 8.42 Å². The lowest BCUT2D eigenvalue weighted by molar-refractivity contribution is -0.141. The summed E-state index contributed by atoms with van der Waals surface area (Å²) in [4.78, 5) is 29.0. The van der Waals surface area contributed by atoms with Crippen molar-refractivity contribution in [3.05, 3.63) is 52.8 Å². The number of fused-ring (bicyclic) bond motifs is 1. The summed E-state index contributed by atoms with van der Waals surface area (Å²) in [5.74, 6) is -0.281. The molecule has 0 unspecified atom stereocenters. The van der Waals surface area contributed by atoms with Crippen LogP contribution in [-0.2, 0) is 37.1 Å². The van der Waals surface area contributed by atoms with Crippen LogP contribution in [0.1, 0.15) is 5.56 Å². The van der Waals surface area contributed by atoms with E-state index in [4.69, 9.17) is 9.47 Å². The standard InChI is InChI=1S/C20H20N2O6S2/c1-27-14-6-4-5-13(9-14)10-18(23)21-20-22(12-19(24)28-2)16-8-7-15(30(3,25)26)11-17(16)29-20/h4-9,11H,10,12H2,1-3H3. The SMILES string of the molecule is COC(=O)Cn1c(=NC(=O)Cc2cccc(OC)c2)sc2cc(S(C)(=O)=O)ccc21. The van der Waals surface area contributed by atoms with Crippen LogP contribution in [0.15, 0.2) is 52.4 Å². The minimum Gasteiger partial charge on any atom is -0.497 e. The van der Waals surface area contributed by atoms with Gasteiger partial charge >= 0.3 is 5.97 Å². The fourth-order valence-corrected chi connectivity index (χ4v) is 4.63. The Morgan fingerprint density at radius 3 is 2.57 bits per heavy atom. The van der Waals surface area contributed by atoms with Crippen molar-refractivity contribution < 1.29 is 27.5 Å². The average molecular weight is 449 g/mol. The molecule has 0 aliphatic carbocycles. The Morgan fingerprint density at radius 2 is 1.90 bits per heavy atom. The summed E-state index contributed by atoms with van der Waals surface area (Å²) in [7, 11) is -0.587. The third kappa shape index (κ3) is 4.95. The van der Waals surface area contributed by atoms with E-state index >= 15 is 0 Å². The molecule has 0 aliphatic heterocycles. The molecule has 3 rings (SSSR count). The fourth-order valence-electron chi connectivity index (χ4n) is 2.82. The zero-order valence-electron chi connectivity index (χ0n) is 16.6. The van der Waals surface area contributed by atoms with Gasteiger partial charge in [-0.15, -0.1) is 0 Å². The molecule has 30 heavy (non-hydrogen) atoms. The highest BCUT2D eigenvalue weighted by Gasteiger charge is 2.15. The first kappa shape index (κ1) is 21.7. The van der Waals surface area contributed by atoms with Crippen molar-refractivity contribution in [3.8, 4) is 5.75 Å². The molecule has 0 saturated heterocycles. The van der Waals surface area contributed by atoms with Crippen LogP contribution in [0.25, 0.3) is 10.2 Å². The van der Waals surface area contributed by atoms with E-state index in [0.717, 1.165) is 23.2 Å². The highest BCUT2D eigenvalue weighted by atomic mass is 32.2. The third-order valence-electron chi connectivity index (χ3n) is 4.31. The zero-order chi connectivity index (χ0) is 21.9. The molecule has 1 aromatic heterocycles. The highest BCUT2D eigenvalue weighted by molar-refractivity contribution is 7.90. The number of ether oxygens (including phenoxy) is 2. The van der Waals surface area contributed by atoms with Crippen molar-refractivity contribution in [2.24, 2.45) is 4.99 Å². The van der Waals surface area contributed by atoms with Crippen LogP contribution in [0.2, 0.25) is 0 Å². The second kappa shape index (κ2) is 8.80. The van der Waals surface area contributed by atoms with E-state index in [1.54, 1.807) is 42.0 Å². The number of amides is 1. The number of carbonyl (C=O) groups is 2. The molecule has 0 bridgehead atoms. The molecule has 2 aromatic carbocycles. The van der Waals surface area contributed by atoms with Crippen molar-refractivity contribution in [3.63, 3.8) is 0 Å². The number of nitrogens with zero attached hydrogens (tertiary/aromatic N) is 2. The summed E-state index contributed by atoms with van der Waals surface area (Å²) in [5, 5.41) is 0. The van der Waals surface area contributed by atoms with Gasteiger partial charge in [-0.3, -0.25) is 9.59 Å². The summed E-state index contributed by atoms with van der Waals surface area (Å²) in [5.41, 5.74) is 1.33. The predicted octanol–water partition coefficient (Wildman–Crippen LogP) is 1.96. The molecule has 158 valence electrons. The Morgan fingerprint density at radius 1 is 1.13 bits per heavy atom. The number of sulfone groups is 1. The molecule has 10 heteroatoms. The maximum atomic E-state index is 12.6. The average Bonchev–Trinajstić information content (AvgIpc) is 3.03. The molecule has 0 radical (unpaired) electrons. The van der Waals surface area contributed by atoms with Crippen LogP contribution >= 0.6 is 11.3 Å². The molecular formula is C20H20N2O6S2. The van der Waals surface area contributed by atoms with Gasteiger partial charge in [-0.1, -0.05) is 23.5 Å². The molecule has 0 fully saturated rings. The van der Waals surface area contributed by atoms with Crippen molar-refractivity contribution >= 4 is 43.3 Å². The summed E-state index contributed by atoms with van der Waals surface area (Å²) in [6.07, 6.45) is 1.17. The van der Waals surface area contributed by atoms with Gasteiger partial charge in [-0.2, -0.15) is 4.99 Å². The van der Waals surface area contributed by atoms with Gasteiger partial charge in [0.25, 0.3) is 5.91 Å². The van der Waals surface area contributed by atoms with E-state index in [-0.39, 0.29) is 22.7 Å². The largest absolute Gasteiger partial charge is 0.497 e. The molecule has 0 N–H and O–H groups in total. The number of hydrogen-bond acceptors (Lipinski definition) is 7. The number of hydrogen-bond donors (Lipinski definition) is 0. The van der Waals surface area contributed by atoms with Crippen LogP contribution in [0.3, 0.4) is 0 Å². The molecule has 3 aromatic rings. The molecule has 0 aliphatic rings. The van der Waals surface area contributed by atoms with Gasteiger partial charge in [0.05, 0.1) is 35.8 Å².